The Labute approximate surface area is 100 Å². The molecule has 0 saturated carbocycles. The predicted octanol–water partition coefficient (Wildman–Crippen LogP) is 1.71. The third-order valence-electron chi connectivity index (χ3n) is 2.39. The fourth-order valence-electron chi connectivity index (χ4n) is 1.69. The van der Waals surface area contributed by atoms with Gasteiger partial charge in [0, 0.05) is 13.2 Å². The van der Waals surface area contributed by atoms with Crippen LogP contribution in [0.15, 0.2) is 36.9 Å². The fraction of sp³-hybridized carbons (Fsp3) is 0.333. The van der Waals surface area contributed by atoms with Crippen molar-refractivity contribution in [3.05, 3.63) is 36.9 Å². The molecule has 2 aromatic rings. The van der Waals surface area contributed by atoms with Crippen molar-refractivity contribution in [2.75, 3.05) is 19.0 Å². The highest BCUT2D eigenvalue weighted by Crippen LogP contribution is 2.19. The maximum Gasteiger partial charge on any atom is 0.138 e. The molecule has 2 rings (SSSR count). The zero-order valence-electron chi connectivity index (χ0n) is 10.00. The first-order valence-corrected chi connectivity index (χ1v) is 5.50. The second-order valence-corrected chi connectivity index (χ2v) is 3.86. The number of nitrogens with one attached hydrogen (secondary N) is 1. The van der Waals surface area contributed by atoms with Crippen molar-refractivity contribution < 1.29 is 4.74 Å². The number of hydrogen-bond acceptors (Lipinski definition) is 4. The van der Waals surface area contributed by atoms with Crippen LogP contribution in [-0.2, 0) is 4.74 Å². The molecule has 5 nitrogen and oxygen atoms in total. The van der Waals surface area contributed by atoms with Gasteiger partial charge in [0.1, 0.15) is 12.7 Å². The van der Waals surface area contributed by atoms with E-state index in [1.807, 2.05) is 24.3 Å². The number of benzene rings is 1. The number of para-hydroxylation sites is 2. The molecule has 0 spiro atoms. The summed E-state index contributed by atoms with van der Waals surface area (Å²) in [5, 5.41) is 7.52. The molecule has 0 radical (unpaired) electrons. The lowest BCUT2D eigenvalue weighted by Gasteiger charge is -2.17. The predicted molar refractivity (Wildman–Crippen MR) is 66.3 cm³/mol. The molecule has 1 aromatic carbocycles. The first-order chi connectivity index (χ1) is 8.31. The maximum atomic E-state index is 5.11. The maximum absolute atomic E-state index is 5.11. The smallest absolute Gasteiger partial charge is 0.138 e. The highest BCUT2D eigenvalue weighted by molar-refractivity contribution is 5.60. The molecule has 0 fully saturated rings. The zero-order valence-corrected chi connectivity index (χ0v) is 10.00. The highest BCUT2D eigenvalue weighted by atomic mass is 16.5. The fourth-order valence-corrected chi connectivity index (χ4v) is 1.69. The van der Waals surface area contributed by atoms with Gasteiger partial charge in [0.25, 0.3) is 0 Å². The van der Waals surface area contributed by atoms with Gasteiger partial charge >= 0.3 is 0 Å². The van der Waals surface area contributed by atoms with Crippen molar-refractivity contribution in [2.45, 2.75) is 13.0 Å². The summed E-state index contributed by atoms with van der Waals surface area (Å²) < 4.78 is 6.85. The average molecular weight is 232 g/mol. The van der Waals surface area contributed by atoms with Gasteiger partial charge in [0.05, 0.1) is 18.0 Å². The van der Waals surface area contributed by atoms with Gasteiger partial charge in [-0.2, -0.15) is 5.10 Å². The van der Waals surface area contributed by atoms with Crippen molar-refractivity contribution in [3.63, 3.8) is 0 Å². The van der Waals surface area contributed by atoms with Gasteiger partial charge in [-0.05, 0) is 19.1 Å². The van der Waals surface area contributed by atoms with E-state index in [1.165, 1.54) is 6.33 Å². The molecule has 0 aliphatic rings. The molecule has 5 heteroatoms. The van der Waals surface area contributed by atoms with Crippen molar-refractivity contribution in [3.8, 4) is 5.69 Å². The van der Waals surface area contributed by atoms with E-state index in [1.54, 1.807) is 18.1 Å². The number of nitrogens with zero attached hydrogens (tertiary/aromatic N) is 3. The van der Waals surface area contributed by atoms with Gasteiger partial charge in [-0.3, -0.25) is 0 Å². The van der Waals surface area contributed by atoms with E-state index in [-0.39, 0.29) is 6.04 Å². The standard InChI is InChI=1S/C12H16N4O/c1-10(7-17-2)15-11-5-3-4-6-12(11)16-9-13-8-14-16/h3-6,8-10,15H,7H2,1-2H3. The van der Waals surface area contributed by atoms with Gasteiger partial charge in [0.2, 0.25) is 0 Å². The number of rotatable bonds is 5. The second-order valence-electron chi connectivity index (χ2n) is 3.86. The van der Waals surface area contributed by atoms with E-state index in [0.29, 0.717) is 6.61 Å². The average Bonchev–Trinajstić information content (AvgIpc) is 2.83. The Morgan fingerprint density at radius 2 is 2.24 bits per heavy atom. The van der Waals surface area contributed by atoms with Crippen LogP contribution in [0.5, 0.6) is 0 Å². The van der Waals surface area contributed by atoms with E-state index >= 15 is 0 Å². The molecule has 1 N–H and O–H groups in total. The van der Waals surface area contributed by atoms with Gasteiger partial charge in [-0.1, -0.05) is 12.1 Å². The van der Waals surface area contributed by atoms with Gasteiger partial charge < -0.3 is 10.1 Å². The summed E-state index contributed by atoms with van der Waals surface area (Å²) in [4.78, 5) is 3.95. The summed E-state index contributed by atoms with van der Waals surface area (Å²) in [5.41, 5.74) is 2.00. The lowest BCUT2D eigenvalue weighted by Crippen LogP contribution is -2.21. The Morgan fingerprint density at radius 1 is 1.41 bits per heavy atom. The molecule has 17 heavy (non-hydrogen) atoms. The lowest BCUT2D eigenvalue weighted by molar-refractivity contribution is 0.190. The first kappa shape index (κ1) is 11.6. The summed E-state index contributed by atoms with van der Waals surface area (Å²) in [6.45, 7) is 2.73. The Kier molecular flexibility index (Phi) is 3.72. The van der Waals surface area contributed by atoms with Crippen LogP contribution in [0.3, 0.4) is 0 Å². The van der Waals surface area contributed by atoms with Crippen LogP contribution < -0.4 is 5.32 Å². The molecule has 1 aromatic heterocycles. The number of aromatic nitrogens is 3. The highest BCUT2D eigenvalue weighted by Gasteiger charge is 2.07. The van der Waals surface area contributed by atoms with E-state index in [0.717, 1.165) is 11.4 Å². The lowest BCUT2D eigenvalue weighted by atomic mass is 10.2. The van der Waals surface area contributed by atoms with Crippen LogP contribution in [0.25, 0.3) is 5.69 Å². The van der Waals surface area contributed by atoms with Crippen molar-refractivity contribution in [2.24, 2.45) is 0 Å². The molecule has 1 heterocycles. The van der Waals surface area contributed by atoms with Crippen LogP contribution in [0.4, 0.5) is 5.69 Å². The second kappa shape index (κ2) is 5.45. The third-order valence-corrected chi connectivity index (χ3v) is 2.39. The Bertz CT molecular complexity index is 455. The minimum absolute atomic E-state index is 0.240. The monoisotopic (exact) mass is 232 g/mol. The van der Waals surface area contributed by atoms with Crippen LogP contribution in [-0.4, -0.2) is 34.5 Å². The SMILES string of the molecule is COCC(C)Nc1ccccc1-n1cncn1. The summed E-state index contributed by atoms with van der Waals surface area (Å²) in [5.74, 6) is 0. The Hall–Kier alpha value is -1.88. The molecular formula is C12H16N4O. The van der Waals surface area contributed by atoms with Crippen LogP contribution >= 0.6 is 0 Å². The van der Waals surface area contributed by atoms with Gasteiger partial charge in [-0.25, -0.2) is 9.67 Å². The number of methoxy groups -OCH3 is 1. The topological polar surface area (TPSA) is 52.0 Å². The largest absolute Gasteiger partial charge is 0.383 e. The molecule has 0 amide bonds. The molecule has 0 aliphatic carbocycles. The quantitative estimate of drug-likeness (QED) is 0.852. The minimum atomic E-state index is 0.240. The molecule has 0 bridgehead atoms. The van der Waals surface area contributed by atoms with Crippen molar-refractivity contribution in [1.82, 2.24) is 14.8 Å². The zero-order chi connectivity index (χ0) is 12.1. The summed E-state index contributed by atoms with van der Waals surface area (Å²) >= 11 is 0. The molecule has 1 atom stereocenters. The van der Waals surface area contributed by atoms with Crippen molar-refractivity contribution >= 4 is 5.69 Å². The number of ether oxygens (including phenoxy) is 1. The van der Waals surface area contributed by atoms with Crippen molar-refractivity contribution in [1.29, 1.82) is 0 Å². The molecule has 0 saturated heterocycles. The normalized spacial score (nSPS) is 12.4. The van der Waals surface area contributed by atoms with Gasteiger partial charge in [0.15, 0.2) is 0 Å². The number of hydrogen-bond donors (Lipinski definition) is 1. The van der Waals surface area contributed by atoms with E-state index < -0.39 is 0 Å². The Morgan fingerprint density at radius 3 is 2.94 bits per heavy atom. The van der Waals surface area contributed by atoms with E-state index in [9.17, 15) is 0 Å². The van der Waals surface area contributed by atoms with Crippen LogP contribution in [0.1, 0.15) is 6.92 Å². The molecule has 1 unspecified atom stereocenters. The summed E-state index contributed by atoms with van der Waals surface area (Å²) in [7, 11) is 1.70. The van der Waals surface area contributed by atoms with Crippen LogP contribution in [0.2, 0.25) is 0 Å². The van der Waals surface area contributed by atoms with Crippen LogP contribution in [0, 0.1) is 0 Å². The van der Waals surface area contributed by atoms with Gasteiger partial charge in [-0.15, -0.1) is 0 Å². The molecule has 90 valence electrons. The minimum Gasteiger partial charge on any atom is -0.383 e. The first-order valence-electron chi connectivity index (χ1n) is 5.50. The Balaban J connectivity index is 2.22. The summed E-state index contributed by atoms with van der Waals surface area (Å²) in [6, 6.07) is 8.22. The molecule has 0 aliphatic heterocycles. The molecular weight excluding hydrogens is 216 g/mol. The van der Waals surface area contributed by atoms with E-state index in [2.05, 4.69) is 22.3 Å². The number of anilines is 1. The van der Waals surface area contributed by atoms with E-state index in [4.69, 9.17) is 4.74 Å². The third kappa shape index (κ3) is 2.82. The summed E-state index contributed by atoms with van der Waals surface area (Å²) in [6.07, 6.45) is 3.21.